The Morgan fingerprint density at radius 2 is 1.85 bits per heavy atom. The Morgan fingerprint density at radius 3 is 2.50 bits per heavy atom. The number of nitrogens with one attached hydrogen (secondary N) is 1. The molecule has 0 saturated heterocycles. The maximum atomic E-state index is 6.02. The number of nitrogens with two attached hydrogens (primary N) is 1. The van der Waals surface area contributed by atoms with Gasteiger partial charge >= 0.3 is 0 Å². The van der Waals surface area contributed by atoms with Gasteiger partial charge in [0.25, 0.3) is 0 Å². The monoisotopic (exact) mass is 284 g/mol. The highest BCUT2D eigenvalue weighted by Gasteiger charge is 2.12. The van der Waals surface area contributed by atoms with Crippen molar-refractivity contribution >= 4 is 11.5 Å². The van der Waals surface area contributed by atoms with Crippen LogP contribution in [0.5, 0.6) is 5.88 Å². The molecule has 0 aliphatic rings. The first-order chi connectivity index (χ1) is 9.72. The number of aromatic nitrogens is 2. The second-order valence-corrected chi connectivity index (χ2v) is 4.18. The molecule has 0 aromatic carbocycles. The maximum Gasteiger partial charge on any atom is 0.242 e. The Labute approximate surface area is 119 Å². The first-order valence-electron chi connectivity index (χ1n) is 6.73. The number of ether oxygens (including phenoxy) is 3. The van der Waals surface area contributed by atoms with Crippen LogP contribution in [0.25, 0.3) is 0 Å². The van der Waals surface area contributed by atoms with E-state index in [0.717, 1.165) is 13.0 Å². The molecule has 0 atom stereocenters. The summed E-state index contributed by atoms with van der Waals surface area (Å²) in [5.41, 5.74) is 6.45. The van der Waals surface area contributed by atoms with E-state index in [0.29, 0.717) is 49.5 Å². The number of anilines is 2. The van der Waals surface area contributed by atoms with Crippen LogP contribution in [-0.4, -0.2) is 50.6 Å². The van der Waals surface area contributed by atoms with Crippen molar-refractivity contribution in [2.24, 2.45) is 0 Å². The van der Waals surface area contributed by atoms with E-state index < -0.39 is 0 Å². The molecule has 1 heterocycles. The molecule has 0 spiro atoms. The molecule has 7 nitrogen and oxygen atoms in total. The standard InChI is InChI=1S/C13H24N4O3/c1-4-10-16-12(15-6-5-7-18-2)11(14)13(17-10)20-9-8-19-3/h4-9,14H2,1-3H3,(H,15,16,17). The lowest BCUT2D eigenvalue weighted by molar-refractivity contribution is 0.144. The number of nitrogens with zero attached hydrogens (tertiary/aromatic N) is 2. The average molecular weight is 284 g/mol. The molecule has 114 valence electrons. The van der Waals surface area contributed by atoms with Gasteiger partial charge in [0.1, 0.15) is 18.1 Å². The van der Waals surface area contributed by atoms with Gasteiger partial charge in [-0.05, 0) is 6.42 Å². The van der Waals surface area contributed by atoms with Crippen molar-refractivity contribution < 1.29 is 14.2 Å². The fourth-order valence-corrected chi connectivity index (χ4v) is 1.54. The highest BCUT2D eigenvalue weighted by Crippen LogP contribution is 2.26. The number of rotatable bonds is 10. The molecule has 3 N–H and O–H groups in total. The molecule has 0 unspecified atom stereocenters. The average Bonchev–Trinajstić information content (AvgIpc) is 2.46. The molecule has 1 aromatic rings. The molecule has 1 aromatic heterocycles. The van der Waals surface area contributed by atoms with Crippen molar-refractivity contribution in [2.75, 3.05) is 51.6 Å². The van der Waals surface area contributed by atoms with E-state index in [4.69, 9.17) is 19.9 Å². The Bertz CT molecular complexity index is 401. The Kier molecular flexibility index (Phi) is 7.67. The summed E-state index contributed by atoms with van der Waals surface area (Å²) in [6.07, 6.45) is 1.59. The topological polar surface area (TPSA) is 91.5 Å². The van der Waals surface area contributed by atoms with Gasteiger partial charge in [-0.25, -0.2) is 4.98 Å². The van der Waals surface area contributed by atoms with Crippen molar-refractivity contribution in [3.05, 3.63) is 5.82 Å². The number of nitrogen functional groups attached to an aromatic ring is 1. The van der Waals surface area contributed by atoms with E-state index >= 15 is 0 Å². The summed E-state index contributed by atoms with van der Waals surface area (Å²) in [7, 11) is 3.29. The third kappa shape index (κ3) is 5.18. The lowest BCUT2D eigenvalue weighted by Crippen LogP contribution is -2.13. The summed E-state index contributed by atoms with van der Waals surface area (Å²) >= 11 is 0. The van der Waals surface area contributed by atoms with Gasteiger partial charge < -0.3 is 25.3 Å². The van der Waals surface area contributed by atoms with Gasteiger partial charge in [-0.1, -0.05) is 6.92 Å². The van der Waals surface area contributed by atoms with Crippen LogP contribution in [0, 0.1) is 0 Å². The molecule has 20 heavy (non-hydrogen) atoms. The van der Waals surface area contributed by atoms with Gasteiger partial charge in [0.05, 0.1) is 6.61 Å². The van der Waals surface area contributed by atoms with Crippen LogP contribution >= 0.6 is 0 Å². The lowest BCUT2D eigenvalue weighted by Gasteiger charge is -2.13. The van der Waals surface area contributed by atoms with Crippen molar-refractivity contribution in [2.45, 2.75) is 19.8 Å². The molecule has 0 radical (unpaired) electrons. The third-order valence-corrected chi connectivity index (χ3v) is 2.62. The first kappa shape index (κ1) is 16.5. The van der Waals surface area contributed by atoms with Gasteiger partial charge in [-0.15, -0.1) is 0 Å². The van der Waals surface area contributed by atoms with Crippen LogP contribution in [0.4, 0.5) is 11.5 Å². The van der Waals surface area contributed by atoms with Gasteiger partial charge in [-0.2, -0.15) is 4.98 Å². The van der Waals surface area contributed by atoms with E-state index in [1.807, 2.05) is 6.92 Å². The molecule has 0 aliphatic heterocycles. The highest BCUT2D eigenvalue weighted by atomic mass is 16.5. The van der Waals surface area contributed by atoms with Crippen LogP contribution in [0.3, 0.4) is 0 Å². The van der Waals surface area contributed by atoms with Gasteiger partial charge in [0.15, 0.2) is 5.82 Å². The van der Waals surface area contributed by atoms with Crippen molar-refractivity contribution in [1.29, 1.82) is 0 Å². The minimum atomic E-state index is 0.406. The normalized spacial score (nSPS) is 10.6. The summed E-state index contributed by atoms with van der Waals surface area (Å²) in [5.74, 6) is 1.71. The number of hydrogen-bond acceptors (Lipinski definition) is 7. The number of methoxy groups -OCH3 is 2. The molecule has 0 bridgehead atoms. The SMILES string of the molecule is CCc1nc(NCCCOC)c(N)c(OCCOC)n1. The van der Waals surface area contributed by atoms with E-state index in [2.05, 4.69) is 15.3 Å². The minimum Gasteiger partial charge on any atom is -0.474 e. The van der Waals surface area contributed by atoms with Crippen LogP contribution in [0.15, 0.2) is 0 Å². The van der Waals surface area contributed by atoms with Crippen LogP contribution in [-0.2, 0) is 15.9 Å². The smallest absolute Gasteiger partial charge is 0.242 e. The van der Waals surface area contributed by atoms with Crippen LogP contribution < -0.4 is 15.8 Å². The van der Waals surface area contributed by atoms with Crippen molar-refractivity contribution in [3.63, 3.8) is 0 Å². The quantitative estimate of drug-likeness (QED) is 0.621. The highest BCUT2D eigenvalue weighted by molar-refractivity contribution is 5.66. The van der Waals surface area contributed by atoms with Gasteiger partial charge in [-0.3, -0.25) is 0 Å². The molecule has 0 aliphatic carbocycles. The zero-order chi connectivity index (χ0) is 14.8. The Balaban J connectivity index is 2.73. The van der Waals surface area contributed by atoms with Crippen LogP contribution in [0.2, 0.25) is 0 Å². The van der Waals surface area contributed by atoms with E-state index in [-0.39, 0.29) is 0 Å². The van der Waals surface area contributed by atoms with Crippen molar-refractivity contribution in [3.8, 4) is 5.88 Å². The first-order valence-corrected chi connectivity index (χ1v) is 6.73. The Hall–Kier alpha value is -1.60. The van der Waals surface area contributed by atoms with E-state index in [1.165, 1.54) is 0 Å². The molecule has 0 fully saturated rings. The summed E-state index contributed by atoms with van der Waals surface area (Å²) in [5, 5.41) is 3.19. The number of aryl methyl sites for hydroxylation is 1. The molecule has 0 saturated carbocycles. The van der Waals surface area contributed by atoms with E-state index in [1.54, 1.807) is 14.2 Å². The van der Waals surface area contributed by atoms with Crippen LogP contribution in [0.1, 0.15) is 19.2 Å². The number of hydrogen-bond donors (Lipinski definition) is 2. The predicted molar refractivity (Wildman–Crippen MR) is 78.2 cm³/mol. The molecule has 7 heteroatoms. The fourth-order valence-electron chi connectivity index (χ4n) is 1.54. The van der Waals surface area contributed by atoms with Gasteiger partial charge in [0.2, 0.25) is 5.88 Å². The molecule has 1 rings (SSSR count). The largest absolute Gasteiger partial charge is 0.474 e. The van der Waals surface area contributed by atoms with Crippen molar-refractivity contribution in [1.82, 2.24) is 9.97 Å². The summed E-state index contributed by atoms with van der Waals surface area (Å²) in [6, 6.07) is 0. The van der Waals surface area contributed by atoms with Gasteiger partial charge in [0, 0.05) is 33.8 Å². The Morgan fingerprint density at radius 1 is 1.10 bits per heavy atom. The lowest BCUT2D eigenvalue weighted by atomic mass is 10.3. The minimum absolute atomic E-state index is 0.406. The second-order valence-electron chi connectivity index (χ2n) is 4.18. The molecule has 0 amide bonds. The zero-order valence-corrected chi connectivity index (χ0v) is 12.4. The van der Waals surface area contributed by atoms with E-state index in [9.17, 15) is 0 Å². The fraction of sp³-hybridized carbons (Fsp3) is 0.692. The summed E-state index contributed by atoms with van der Waals surface area (Å²) in [6.45, 7) is 4.30. The summed E-state index contributed by atoms with van der Waals surface area (Å²) < 4.78 is 15.5. The molecular formula is C13H24N4O3. The summed E-state index contributed by atoms with van der Waals surface area (Å²) in [4.78, 5) is 8.67. The zero-order valence-electron chi connectivity index (χ0n) is 12.4. The predicted octanol–water partition coefficient (Wildman–Crippen LogP) is 1.09. The molecular weight excluding hydrogens is 260 g/mol. The third-order valence-electron chi connectivity index (χ3n) is 2.62. The maximum absolute atomic E-state index is 6.02. The second kappa shape index (κ2) is 9.33.